The normalized spacial score (nSPS) is 21.8. The second-order valence-corrected chi connectivity index (χ2v) is 6.08. The fraction of sp³-hybridized carbons (Fsp3) is 0.625. The summed E-state index contributed by atoms with van der Waals surface area (Å²) in [6, 6.07) is 4.31. The molecule has 1 aliphatic heterocycles. The molecule has 7 heteroatoms. The number of aliphatic hydroxyl groups excluding tert-OH is 1. The Morgan fingerprint density at radius 1 is 1.35 bits per heavy atom. The van der Waals surface area contributed by atoms with Gasteiger partial charge in [0.05, 0.1) is 12.6 Å². The van der Waals surface area contributed by atoms with E-state index >= 15 is 0 Å². The van der Waals surface area contributed by atoms with Gasteiger partial charge in [0.1, 0.15) is 0 Å². The van der Waals surface area contributed by atoms with Gasteiger partial charge in [0.2, 0.25) is 0 Å². The van der Waals surface area contributed by atoms with Gasteiger partial charge in [-0.25, -0.2) is 4.68 Å². The fourth-order valence-corrected chi connectivity index (χ4v) is 3.27. The number of aromatic nitrogens is 5. The molecule has 0 saturated carbocycles. The average molecular weight is 316 g/mol. The molecule has 23 heavy (non-hydrogen) atoms. The minimum Gasteiger partial charge on any atom is -0.395 e. The maximum Gasteiger partial charge on any atom is 0.168 e. The van der Waals surface area contributed by atoms with Gasteiger partial charge in [-0.2, -0.15) is 0 Å². The zero-order chi connectivity index (χ0) is 16.1. The lowest BCUT2D eigenvalue weighted by atomic mass is 10.2. The molecule has 124 valence electrons. The molecule has 3 heterocycles. The number of aryl methyl sites for hydroxylation is 1. The lowest BCUT2D eigenvalue weighted by Gasteiger charge is -2.28. The first-order valence-corrected chi connectivity index (χ1v) is 8.35. The maximum atomic E-state index is 9.72. The van der Waals surface area contributed by atoms with Crippen LogP contribution in [0.2, 0.25) is 0 Å². The molecule has 7 nitrogen and oxygen atoms in total. The summed E-state index contributed by atoms with van der Waals surface area (Å²) in [7, 11) is 0. The molecule has 0 amide bonds. The number of nitrogens with zero attached hydrogens (tertiary/aromatic N) is 6. The standard InChI is InChI=1S/C16H24N6O/c1-2-3-9-22-16(18-19-20-22)15-7-6-14(12-23)21(15)11-13-5-4-8-17-10-13/h4-5,8,10,14-15,23H,2-3,6-7,9,11-12H2,1H3/t14-,15+/m0/s1. The Bertz CT molecular complexity index is 602. The van der Waals surface area contributed by atoms with Crippen LogP contribution >= 0.6 is 0 Å². The molecular formula is C16H24N6O. The van der Waals surface area contributed by atoms with Crippen LogP contribution in [-0.2, 0) is 13.1 Å². The number of rotatable bonds is 7. The molecule has 0 radical (unpaired) electrons. The third-order valence-corrected chi connectivity index (χ3v) is 4.52. The van der Waals surface area contributed by atoms with E-state index in [0.717, 1.165) is 50.2 Å². The van der Waals surface area contributed by atoms with Crippen molar-refractivity contribution in [2.75, 3.05) is 6.61 Å². The number of aliphatic hydroxyl groups is 1. The Morgan fingerprint density at radius 2 is 2.26 bits per heavy atom. The van der Waals surface area contributed by atoms with Crippen molar-refractivity contribution in [3.05, 3.63) is 35.9 Å². The van der Waals surface area contributed by atoms with Crippen molar-refractivity contribution in [1.29, 1.82) is 0 Å². The molecule has 0 spiro atoms. The van der Waals surface area contributed by atoms with Crippen LogP contribution in [0.3, 0.4) is 0 Å². The summed E-state index contributed by atoms with van der Waals surface area (Å²) in [5, 5.41) is 22.0. The quantitative estimate of drug-likeness (QED) is 0.835. The molecule has 1 saturated heterocycles. The van der Waals surface area contributed by atoms with Gasteiger partial charge < -0.3 is 5.11 Å². The largest absolute Gasteiger partial charge is 0.395 e. The van der Waals surface area contributed by atoms with E-state index < -0.39 is 0 Å². The highest BCUT2D eigenvalue weighted by molar-refractivity contribution is 5.11. The summed E-state index contributed by atoms with van der Waals surface area (Å²) in [6.45, 7) is 3.92. The Hall–Kier alpha value is -1.86. The van der Waals surface area contributed by atoms with E-state index in [4.69, 9.17) is 0 Å². The van der Waals surface area contributed by atoms with Gasteiger partial charge in [-0.1, -0.05) is 19.4 Å². The molecule has 1 fully saturated rings. The number of hydrogen-bond donors (Lipinski definition) is 1. The van der Waals surface area contributed by atoms with Crippen molar-refractivity contribution in [1.82, 2.24) is 30.1 Å². The molecule has 2 atom stereocenters. The molecule has 0 bridgehead atoms. The van der Waals surface area contributed by atoms with Crippen LogP contribution in [0.25, 0.3) is 0 Å². The van der Waals surface area contributed by atoms with Gasteiger partial charge in [0.25, 0.3) is 0 Å². The Morgan fingerprint density at radius 3 is 3.00 bits per heavy atom. The Labute approximate surface area is 136 Å². The number of likely N-dealkylation sites (tertiary alicyclic amines) is 1. The van der Waals surface area contributed by atoms with Crippen LogP contribution in [-0.4, -0.2) is 47.8 Å². The van der Waals surface area contributed by atoms with Crippen molar-refractivity contribution in [2.45, 2.75) is 57.8 Å². The summed E-state index contributed by atoms with van der Waals surface area (Å²) in [5.74, 6) is 0.915. The summed E-state index contributed by atoms with van der Waals surface area (Å²) in [6.07, 6.45) is 7.77. The van der Waals surface area contributed by atoms with E-state index in [1.165, 1.54) is 0 Å². The van der Waals surface area contributed by atoms with Gasteiger partial charge in [-0.05, 0) is 41.3 Å². The second-order valence-electron chi connectivity index (χ2n) is 6.08. The molecule has 1 N–H and O–H groups in total. The fourth-order valence-electron chi connectivity index (χ4n) is 3.27. The predicted molar refractivity (Wildman–Crippen MR) is 85.4 cm³/mol. The van der Waals surface area contributed by atoms with E-state index in [1.807, 2.05) is 16.9 Å². The van der Waals surface area contributed by atoms with Crippen molar-refractivity contribution in [3.8, 4) is 0 Å². The first-order valence-electron chi connectivity index (χ1n) is 8.35. The Kier molecular flexibility index (Phi) is 5.30. The van der Waals surface area contributed by atoms with E-state index in [9.17, 15) is 5.11 Å². The predicted octanol–water partition coefficient (Wildman–Crippen LogP) is 1.57. The van der Waals surface area contributed by atoms with E-state index in [0.29, 0.717) is 0 Å². The van der Waals surface area contributed by atoms with Gasteiger partial charge in [0.15, 0.2) is 5.82 Å². The van der Waals surface area contributed by atoms with Crippen LogP contribution in [0.5, 0.6) is 0 Å². The minimum atomic E-state index is 0.150. The summed E-state index contributed by atoms with van der Waals surface area (Å²) < 4.78 is 1.92. The first kappa shape index (κ1) is 16.0. The SMILES string of the molecule is CCCCn1nnnc1[C@H]1CC[C@@H](CO)N1Cc1cccnc1. The lowest BCUT2D eigenvalue weighted by Crippen LogP contribution is -2.34. The van der Waals surface area contributed by atoms with Crippen LogP contribution in [0.1, 0.15) is 50.0 Å². The molecule has 0 unspecified atom stereocenters. The molecule has 0 aromatic carbocycles. The van der Waals surface area contributed by atoms with Crippen LogP contribution < -0.4 is 0 Å². The minimum absolute atomic E-state index is 0.150. The summed E-state index contributed by atoms with van der Waals surface area (Å²) in [4.78, 5) is 6.50. The molecule has 1 aliphatic rings. The highest BCUT2D eigenvalue weighted by Crippen LogP contribution is 2.36. The second kappa shape index (κ2) is 7.61. The third kappa shape index (κ3) is 3.56. The van der Waals surface area contributed by atoms with E-state index in [2.05, 4.69) is 38.4 Å². The lowest BCUT2D eigenvalue weighted by molar-refractivity contribution is 0.117. The number of pyridine rings is 1. The molecule has 3 rings (SSSR count). The highest BCUT2D eigenvalue weighted by Gasteiger charge is 2.37. The summed E-state index contributed by atoms with van der Waals surface area (Å²) in [5.41, 5.74) is 1.14. The van der Waals surface area contributed by atoms with Crippen LogP contribution in [0, 0.1) is 0 Å². The average Bonchev–Trinajstić information content (AvgIpc) is 3.20. The Balaban J connectivity index is 1.81. The zero-order valence-corrected chi connectivity index (χ0v) is 13.5. The number of tetrazole rings is 1. The maximum absolute atomic E-state index is 9.72. The van der Waals surface area contributed by atoms with Crippen molar-refractivity contribution in [2.24, 2.45) is 0 Å². The third-order valence-electron chi connectivity index (χ3n) is 4.52. The van der Waals surface area contributed by atoms with E-state index in [1.54, 1.807) is 6.20 Å². The number of hydrogen-bond acceptors (Lipinski definition) is 6. The van der Waals surface area contributed by atoms with Crippen molar-refractivity contribution >= 4 is 0 Å². The highest BCUT2D eigenvalue weighted by atomic mass is 16.3. The van der Waals surface area contributed by atoms with Gasteiger partial charge >= 0.3 is 0 Å². The van der Waals surface area contributed by atoms with Crippen LogP contribution in [0.4, 0.5) is 0 Å². The molecule has 2 aromatic heterocycles. The van der Waals surface area contributed by atoms with Gasteiger partial charge in [-0.15, -0.1) is 5.10 Å². The van der Waals surface area contributed by atoms with E-state index in [-0.39, 0.29) is 18.7 Å². The first-order chi connectivity index (χ1) is 11.3. The van der Waals surface area contributed by atoms with Gasteiger partial charge in [0, 0.05) is 31.5 Å². The topological polar surface area (TPSA) is 80.0 Å². The van der Waals surface area contributed by atoms with Crippen LogP contribution in [0.15, 0.2) is 24.5 Å². The monoisotopic (exact) mass is 316 g/mol. The molecule has 0 aliphatic carbocycles. The number of unbranched alkanes of at least 4 members (excludes halogenated alkanes) is 1. The molecule has 2 aromatic rings. The summed E-state index contributed by atoms with van der Waals surface area (Å²) >= 11 is 0. The zero-order valence-electron chi connectivity index (χ0n) is 13.5. The smallest absolute Gasteiger partial charge is 0.168 e. The van der Waals surface area contributed by atoms with Gasteiger partial charge in [-0.3, -0.25) is 9.88 Å². The molecular weight excluding hydrogens is 292 g/mol. The van der Waals surface area contributed by atoms with Crippen molar-refractivity contribution in [3.63, 3.8) is 0 Å². The van der Waals surface area contributed by atoms with Crippen molar-refractivity contribution < 1.29 is 5.11 Å².